The van der Waals surface area contributed by atoms with Crippen molar-refractivity contribution >= 4 is 5.91 Å². The van der Waals surface area contributed by atoms with Crippen molar-refractivity contribution in [3.8, 4) is 0 Å². The maximum Gasteiger partial charge on any atom is 0.234 e. The van der Waals surface area contributed by atoms with E-state index in [1.54, 1.807) is 0 Å². The molecule has 1 unspecified atom stereocenters. The van der Waals surface area contributed by atoms with Gasteiger partial charge < -0.3 is 10.4 Å². The molecule has 0 aromatic carbocycles. The monoisotopic (exact) mass is 200 g/mol. The Labute approximate surface area is 85.3 Å². The molecule has 4 nitrogen and oxygen atoms in total. The summed E-state index contributed by atoms with van der Waals surface area (Å²) in [6.07, 6.45) is 2.64. The zero-order valence-electron chi connectivity index (χ0n) is 8.99. The van der Waals surface area contributed by atoms with Gasteiger partial charge in [-0.1, -0.05) is 6.92 Å². The molecule has 0 spiro atoms. The second-order valence-corrected chi connectivity index (χ2v) is 4.10. The molecule has 1 rings (SSSR count). The van der Waals surface area contributed by atoms with Crippen LogP contribution in [0.25, 0.3) is 0 Å². The van der Waals surface area contributed by atoms with Crippen LogP contribution in [-0.4, -0.2) is 48.2 Å². The summed E-state index contributed by atoms with van der Waals surface area (Å²) in [5, 5.41) is 12.3. The van der Waals surface area contributed by atoms with Crippen molar-refractivity contribution in [1.29, 1.82) is 0 Å². The second kappa shape index (κ2) is 5.32. The van der Waals surface area contributed by atoms with E-state index >= 15 is 0 Å². The lowest BCUT2D eigenvalue weighted by molar-refractivity contribution is -0.122. The lowest BCUT2D eigenvalue weighted by atomic mass is 10.2. The van der Waals surface area contributed by atoms with Crippen LogP contribution in [0.3, 0.4) is 0 Å². The summed E-state index contributed by atoms with van der Waals surface area (Å²) < 4.78 is 0. The normalized spacial score (nSPS) is 18.3. The van der Waals surface area contributed by atoms with E-state index < -0.39 is 0 Å². The van der Waals surface area contributed by atoms with E-state index in [0.29, 0.717) is 19.1 Å². The Morgan fingerprint density at radius 1 is 1.64 bits per heavy atom. The number of nitrogens with one attached hydrogen (secondary N) is 1. The number of aliphatic hydroxyl groups is 1. The van der Waals surface area contributed by atoms with Crippen molar-refractivity contribution in [3.05, 3.63) is 0 Å². The molecule has 1 amide bonds. The fourth-order valence-electron chi connectivity index (χ4n) is 1.30. The van der Waals surface area contributed by atoms with Gasteiger partial charge in [0.15, 0.2) is 0 Å². The lowest BCUT2D eigenvalue weighted by Crippen LogP contribution is -2.39. The van der Waals surface area contributed by atoms with Gasteiger partial charge in [-0.2, -0.15) is 0 Å². The van der Waals surface area contributed by atoms with Crippen molar-refractivity contribution in [1.82, 2.24) is 10.2 Å². The summed E-state index contributed by atoms with van der Waals surface area (Å²) in [6.45, 7) is 2.88. The minimum atomic E-state index is -0.325. The standard InChI is InChI=1S/C10H20N2O2/c1-3-9(13)6-12(2)7-10(14)11-8-4-5-8/h8-9,13H,3-7H2,1-2H3,(H,11,14). The molecule has 0 bridgehead atoms. The molecule has 4 heteroatoms. The zero-order chi connectivity index (χ0) is 10.6. The minimum Gasteiger partial charge on any atom is -0.392 e. The molecule has 0 radical (unpaired) electrons. The largest absolute Gasteiger partial charge is 0.392 e. The predicted octanol–water partition coefficient (Wildman–Crippen LogP) is -0.0323. The second-order valence-electron chi connectivity index (χ2n) is 4.10. The van der Waals surface area contributed by atoms with Gasteiger partial charge in [0.2, 0.25) is 5.91 Å². The van der Waals surface area contributed by atoms with Gasteiger partial charge in [-0.15, -0.1) is 0 Å². The number of hydrogen-bond acceptors (Lipinski definition) is 3. The minimum absolute atomic E-state index is 0.0679. The highest BCUT2D eigenvalue weighted by Gasteiger charge is 2.23. The number of amides is 1. The Morgan fingerprint density at radius 2 is 2.29 bits per heavy atom. The van der Waals surface area contributed by atoms with Crippen LogP contribution in [0.5, 0.6) is 0 Å². The molecule has 82 valence electrons. The van der Waals surface area contributed by atoms with E-state index in [1.165, 1.54) is 0 Å². The third-order valence-corrected chi connectivity index (χ3v) is 2.35. The predicted molar refractivity (Wildman–Crippen MR) is 55.0 cm³/mol. The first-order valence-corrected chi connectivity index (χ1v) is 5.27. The fourth-order valence-corrected chi connectivity index (χ4v) is 1.30. The Morgan fingerprint density at radius 3 is 2.79 bits per heavy atom. The molecular weight excluding hydrogens is 180 g/mol. The molecule has 0 saturated heterocycles. The zero-order valence-corrected chi connectivity index (χ0v) is 8.99. The van der Waals surface area contributed by atoms with Gasteiger partial charge in [0.05, 0.1) is 12.6 Å². The maximum atomic E-state index is 11.3. The fraction of sp³-hybridized carbons (Fsp3) is 0.900. The van der Waals surface area contributed by atoms with E-state index in [0.717, 1.165) is 19.3 Å². The Kier molecular flexibility index (Phi) is 4.35. The lowest BCUT2D eigenvalue weighted by Gasteiger charge is -2.18. The first-order valence-electron chi connectivity index (χ1n) is 5.27. The molecule has 0 aliphatic heterocycles. The topological polar surface area (TPSA) is 52.6 Å². The summed E-state index contributed by atoms with van der Waals surface area (Å²) in [7, 11) is 1.85. The number of carbonyl (C=O) groups is 1. The molecule has 0 aromatic heterocycles. The summed E-state index contributed by atoms with van der Waals surface area (Å²) >= 11 is 0. The molecule has 1 atom stereocenters. The molecule has 0 heterocycles. The van der Waals surface area contributed by atoms with Crippen LogP contribution in [0.1, 0.15) is 26.2 Å². The summed E-state index contributed by atoms with van der Waals surface area (Å²) in [6, 6.07) is 0.423. The van der Waals surface area contributed by atoms with Crippen LogP contribution in [0, 0.1) is 0 Å². The first-order chi connectivity index (χ1) is 6.61. The van der Waals surface area contributed by atoms with Crippen LogP contribution < -0.4 is 5.32 Å². The SMILES string of the molecule is CCC(O)CN(C)CC(=O)NC1CC1. The quantitative estimate of drug-likeness (QED) is 0.633. The number of rotatable bonds is 6. The third-order valence-electron chi connectivity index (χ3n) is 2.35. The molecular formula is C10H20N2O2. The van der Waals surface area contributed by atoms with Gasteiger partial charge in [-0.05, 0) is 26.3 Å². The molecule has 1 aliphatic carbocycles. The average Bonchev–Trinajstić information content (AvgIpc) is 2.87. The first kappa shape index (κ1) is 11.5. The highest BCUT2D eigenvalue weighted by molar-refractivity contribution is 5.78. The summed E-state index contributed by atoms with van der Waals surface area (Å²) in [5.41, 5.74) is 0. The smallest absolute Gasteiger partial charge is 0.234 e. The molecule has 2 N–H and O–H groups in total. The van der Waals surface area contributed by atoms with Crippen molar-refractivity contribution in [2.24, 2.45) is 0 Å². The van der Waals surface area contributed by atoms with E-state index in [1.807, 2.05) is 18.9 Å². The Hall–Kier alpha value is -0.610. The van der Waals surface area contributed by atoms with Crippen molar-refractivity contribution < 1.29 is 9.90 Å². The van der Waals surface area contributed by atoms with Gasteiger partial charge in [-0.25, -0.2) is 0 Å². The van der Waals surface area contributed by atoms with Gasteiger partial charge in [-0.3, -0.25) is 9.69 Å². The number of hydrogen-bond donors (Lipinski definition) is 2. The Bertz CT molecular complexity index is 193. The van der Waals surface area contributed by atoms with Crippen molar-refractivity contribution in [2.75, 3.05) is 20.1 Å². The van der Waals surface area contributed by atoms with E-state index in [-0.39, 0.29) is 12.0 Å². The Balaban J connectivity index is 2.11. The third kappa shape index (κ3) is 4.58. The van der Waals surface area contributed by atoms with Crippen LogP contribution >= 0.6 is 0 Å². The van der Waals surface area contributed by atoms with Crippen LogP contribution in [-0.2, 0) is 4.79 Å². The number of carbonyl (C=O) groups excluding carboxylic acids is 1. The molecule has 1 fully saturated rings. The highest BCUT2D eigenvalue weighted by Crippen LogP contribution is 2.18. The van der Waals surface area contributed by atoms with Gasteiger partial charge in [0.1, 0.15) is 0 Å². The number of likely N-dealkylation sites (N-methyl/N-ethyl adjacent to an activating group) is 1. The van der Waals surface area contributed by atoms with Crippen LogP contribution in [0.15, 0.2) is 0 Å². The average molecular weight is 200 g/mol. The van der Waals surface area contributed by atoms with Gasteiger partial charge in [0, 0.05) is 12.6 Å². The van der Waals surface area contributed by atoms with E-state index in [2.05, 4.69) is 5.32 Å². The van der Waals surface area contributed by atoms with Gasteiger partial charge in [0.25, 0.3) is 0 Å². The highest BCUT2D eigenvalue weighted by atomic mass is 16.3. The molecule has 14 heavy (non-hydrogen) atoms. The number of nitrogens with zero attached hydrogens (tertiary/aromatic N) is 1. The summed E-state index contributed by atoms with van der Waals surface area (Å²) in [4.78, 5) is 13.2. The maximum absolute atomic E-state index is 11.3. The van der Waals surface area contributed by atoms with Gasteiger partial charge >= 0.3 is 0 Å². The van der Waals surface area contributed by atoms with Crippen LogP contribution in [0.4, 0.5) is 0 Å². The number of aliphatic hydroxyl groups excluding tert-OH is 1. The van der Waals surface area contributed by atoms with E-state index in [9.17, 15) is 9.90 Å². The van der Waals surface area contributed by atoms with Crippen molar-refractivity contribution in [2.45, 2.75) is 38.3 Å². The summed E-state index contributed by atoms with van der Waals surface area (Å²) in [5.74, 6) is 0.0679. The molecule has 1 aliphatic rings. The van der Waals surface area contributed by atoms with E-state index in [4.69, 9.17) is 0 Å². The molecule has 1 saturated carbocycles. The molecule has 0 aromatic rings. The van der Waals surface area contributed by atoms with Crippen LogP contribution in [0.2, 0.25) is 0 Å². The van der Waals surface area contributed by atoms with Crippen molar-refractivity contribution in [3.63, 3.8) is 0 Å².